The van der Waals surface area contributed by atoms with E-state index in [1.807, 2.05) is 24.3 Å². The summed E-state index contributed by atoms with van der Waals surface area (Å²) in [6.07, 6.45) is 0.945. The van der Waals surface area contributed by atoms with Gasteiger partial charge in [-0.25, -0.2) is 5.43 Å². The van der Waals surface area contributed by atoms with Gasteiger partial charge in [-0.1, -0.05) is 31.2 Å². The highest BCUT2D eigenvalue weighted by molar-refractivity contribution is 6.01. The SMILES string of the molecule is CCc1ccc(/C(C)=N/NC(=O)c2cc(O)c(O)c(O)c2)cc1. The molecule has 0 aliphatic rings. The lowest BCUT2D eigenvalue weighted by Crippen LogP contribution is -2.19. The lowest BCUT2D eigenvalue weighted by molar-refractivity contribution is 0.0954. The van der Waals surface area contributed by atoms with E-state index in [0.717, 1.165) is 24.1 Å². The summed E-state index contributed by atoms with van der Waals surface area (Å²) in [4.78, 5) is 12.0. The van der Waals surface area contributed by atoms with Crippen LogP contribution in [0.1, 0.15) is 35.3 Å². The summed E-state index contributed by atoms with van der Waals surface area (Å²) in [7, 11) is 0. The molecular weight excluding hydrogens is 296 g/mol. The average molecular weight is 314 g/mol. The predicted octanol–water partition coefficient (Wildman–Crippen LogP) is 2.52. The number of rotatable bonds is 4. The van der Waals surface area contributed by atoms with E-state index in [1.165, 1.54) is 5.56 Å². The van der Waals surface area contributed by atoms with Crippen LogP contribution in [0.25, 0.3) is 0 Å². The van der Waals surface area contributed by atoms with Crippen molar-refractivity contribution in [3.63, 3.8) is 0 Å². The molecule has 2 aromatic rings. The summed E-state index contributed by atoms with van der Waals surface area (Å²) in [5.74, 6) is -2.44. The molecule has 2 rings (SSSR count). The van der Waals surface area contributed by atoms with Crippen LogP contribution >= 0.6 is 0 Å². The highest BCUT2D eigenvalue weighted by atomic mass is 16.3. The Morgan fingerprint density at radius 2 is 1.61 bits per heavy atom. The molecule has 0 fully saturated rings. The summed E-state index contributed by atoms with van der Waals surface area (Å²) >= 11 is 0. The third-order valence-corrected chi connectivity index (χ3v) is 3.44. The first kappa shape index (κ1) is 16.4. The molecule has 120 valence electrons. The van der Waals surface area contributed by atoms with E-state index in [0.29, 0.717) is 5.71 Å². The molecule has 0 radical (unpaired) electrons. The first-order valence-corrected chi connectivity index (χ1v) is 7.11. The van der Waals surface area contributed by atoms with E-state index in [4.69, 9.17) is 0 Å². The number of amides is 1. The normalized spacial score (nSPS) is 11.3. The van der Waals surface area contributed by atoms with Gasteiger partial charge < -0.3 is 15.3 Å². The average Bonchev–Trinajstić information content (AvgIpc) is 2.56. The molecule has 0 saturated heterocycles. The zero-order chi connectivity index (χ0) is 17.0. The number of carbonyl (C=O) groups excluding carboxylic acids is 1. The zero-order valence-electron chi connectivity index (χ0n) is 12.9. The third kappa shape index (κ3) is 3.79. The Balaban J connectivity index is 2.13. The molecule has 0 aromatic heterocycles. The van der Waals surface area contributed by atoms with Gasteiger partial charge >= 0.3 is 0 Å². The van der Waals surface area contributed by atoms with Crippen LogP contribution in [0.2, 0.25) is 0 Å². The fourth-order valence-corrected chi connectivity index (χ4v) is 1.98. The summed E-state index contributed by atoms with van der Waals surface area (Å²) in [5, 5.41) is 32.1. The van der Waals surface area contributed by atoms with E-state index < -0.39 is 23.2 Å². The van der Waals surface area contributed by atoms with Gasteiger partial charge in [-0.05, 0) is 36.6 Å². The topological polar surface area (TPSA) is 102 Å². The lowest BCUT2D eigenvalue weighted by Gasteiger charge is -2.06. The molecule has 0 spiro atoms. The molecule has 23 heavy (non-hydrogen) atoms. The van der Waals surface area contributed by atoms with Crippen LogP contribution in [-0.4, -0.2) is 26.9 Å². The molecule has 6 nitrogen and oxygen atoms in total. The number of carbonyl (C=O) groups is 1. The Morgan fingerprint density at radius 3 is 2.13 bits per heavy atom. The molecule has 0 aliphatic carbocycles. The fraction of sp³-hybridized carbons (Fsp3) is 0.176. The van der Waals surface area contributed by atoms with Crippen LogP contribution in [0.5, 0.6) is 17.2 Å². The van der Waals surface area contributed by atoms with Gasteiger partial charge in [0.25, 0.3) is 5.91 Å². The highest BCUT2D eigenvalue weighted by Gasteiger charge is 2.13. The van der Waals surface area contributed by atoms with E-state index in [2.05, 4.69) is 17.5 Å². The van der Waals surface area contributed by atoms with Crippen molar-refractivity contribution in [2.24, 2.45) is 5.10 Å². The van der Waals surface area contributed by atoms with Gasteiger partial charge in [0.1, 0.15) is 0 Å². The van der Waals surface area contributed by atoms with Crippen molar-refractivity contribution in [2.45, 2.75) is 20.3 Å². The number of nitrogens with zero attached hydrogens (tertiary/aromatic N) is 1. The zero-order valence-corrected chi connectivity index (χ0v) is 12.9. The molecule has 6 heteroatoms. The van der Waals surface area contributed by atoms with E-state index in [1.54, 1.807) is 6.92 Å². The second-order valence-electron chi connectivity index (χ2n) is 5.05. The van der Waals surface area contributed by atoms with Gasteiger partial charge in [-0.2, -0.15) is 5.10 Å². The maximum absolute atomic E-state index is 12.0. The number of phenols is 3. The highest BCUT2D eigenvalue weighted by Crippen LogP contribution is 2.35. The van der Waals surface area contributed by atoms with E-state index in [9.17, 15) is 20.1 Å². The number of aryl methyl sites for hydroxylation is 1. The van der Waals surface area contributed by atoms with Crippen molar-refractivity contribution in [1.29, 1.82) is 0 Å². The monoisotopic (exact) mass is 314 g/mol. The maximum atomic E-state index is 12.0. The lowest BCUT2D eigenvalue weighted by atomic mass is 10.1. The fourth-order valence-electron chi connectivity index (χ4n) is 1.98. The Morgan fingerprint density at radius 1 is 1.04 bits per heavy atom. The Kier molecular flexibility index (Phi) is 4.85. The van der Waals surface area contributed by atoms with Crippen LogP contribution < -0.4 is 5.43 Å². The molecule has 4 N–H and O–H groups in total. The van der Waals surface area contributed by atoms with E-state index in [-0.39, 0.29) is 5.56 Å². The van der Waals surface area contributed by atoms with Crippen LogP contribution in [0.15, 0.2) is 41.5 Å². The van der Waals surface area contributed by atoms with Crippen LogP contribution in [0.4, 0.5) is 0 Å². The molecule has 1 amide bonds. The molecule has 0 bridgehead atoms. The Hall–Kier alpha value is -3.02. The summed E-state index contributed by atoms with van der Waals surface area (Å²) in [6.45, 7) is 3.83. The Bertz CT molecular complexity index is 729. The number of nitrogens with one attached hydrogen (secondary N) is 1. The number of hydrogen-bond acceptors (Lipinski definition) is 5. The third-order valence-electron chi connectivity index (χ3n) is 3.44. The first-order valence-electron chi connectivity index (χ1n) is 7.11. The van der Waals surface area contributed by atoms with Crippen LogP contribution in [0.3, 0.4) is 0 Å². The van der Waals surface area contributed by atoms with Crippen molar-refractivity contribution >= 4 is 11.6 Å². The minimum absolute atomic E-state index is 0.0179. The van der Waals surface area contributed by atoms with Gasteiger partial charge in [0.05, 0.1) is 5.71 Å². The van der Waals surface area contributed by atoms with Crippen molar-refractivity contribution in [1.82, 2.24) is 5.43 Å². The summed E-state index contributed by atoms with van der Waals surface area (Å²) in [5.41, 5.74) is 5.03. The molecule has 0 atom stereocenters. The second kappa shape index (κ2) is 6.83. The van der Waals surface area contributed by atoms with Gasteiger partial charge in [-0.3, -0.25) is 4.79 Å². The second-order valence-corrected chi connectivity index (χ2v) is 5.05. The molecule has 2 aromatic carbocycles. The summed E-state index contributed by atoms with van der Waals surface area (Å²) < 4.78 is 0. The van der Waals surface area contributed by atoms with Crippen molar-refractivity contribution in [2.75, 3.05) is 0 Å². The molecular formula is C17H18N2O4. The molecule has 0 saturated carbocycles. The molecule has 0 heterocycles. The largest absolute Gasteiger partial charge is 0.504 e. The van der Waals surface area contributed by atoms with Gasteiger partial charge in [0.15, 0.2) is 17.2 Å². The van der Waals surface area contributed by atoms with Crippen molar-refractivity contribution in [3.05, 3.63) is 53.1 Å². The minimum Gasteiger partial charge on any atom is -0.504 e. The standard InChI is InChI=1S/C17H18N2O4/c1-3-11-4-6-12(7-5-11)10(2)18-19-17(23)13-8-14(20)16(22)15(21)9-13/h4-9,20-22H,3H2,1-2H3,(H,19,23)/b18-10+. The number of benzene rings is 2. The molecule has 0 aliphatic heterocycles. The van der Waals surface area contributed by atoms with Crippen molar-refractivity contribution in [3.8, 4) is 17.2 Å². The van der Waals surface area contributed by atoms with Gasteiger partial charge in [-0.15, -0.1) is 0 Å². The molecule has 0 unspecified atom stereocenters. The number of phenolic OH excluding ortho intramolecular Hbond substituents is 3. The number of hydrogen-bond donors (Lipinski definition) is 4. The van der Waals surface area contributed by atoms with Gasteiger partial charge in [0, 0.05) is 5.56 Å². The Labute approximate surface area is 133 Å². The maximum Gasteiger partial charge on any atom is 0.271 e. The minimum atomic E-state index is -0.669. The van der Waals surface area contributed by atoms with Crippen LogP contribution in [-0.2, 0) is 6.42 Å². The smallest absolute Gasteiger partial charge is 0.271 e. The van der Waals surface area contributed by atoms with E-state index >= 15 is 0 Å². The van der Waals surface area contributed by atoms with Gasteiger partial charge in [0.2, 0.25) is 0 Å². The summed E-state index contributed by atoms with van der Waals surface area (Å²) in [6, 6.07) is 9.92. The predicted molar refractivity (Wildman–Crippen MR) is 86.9 cm³/mol. The number of aromatic hydroxyl groups is 3. The van der Waals surface area contributed by atoms with Crippen molar-refractivity contribution < 1.29 is 20.1 Å². The number of hydrazone groups is 1. The van der Waals surface area contributed by atoms with Crippen LogP contribution in [0, 0.1) is 0 Å². The first-order chi connectivity index (χ1) is 10.9. The quantitative estimate of drug-likeness (QED) is 0.395.